The van der Waals surface area contributed by atoms with E-state index < -0.39 is 27.6 Å². The molecular formula is C22H20F3N3O5S. The molecule has 1 fully saturated rings. The van der Waals surface area contributed by atoms with Gasteiger partial charge in [-0.2, -0.15) is 13.2 Å². The van der Waals surface area contributed by atoms with E-state index in [1.165, 1.54) is 37.4 Å². The lowest BCUT2D eigenvalue weighted by Gasteiger charge is -2.19. The molecule has 2 aliphatic rings. The summed E-state index contributed by atoms with van der Waals surface area (Å²) in [5.74, 6) is 0.0295. The number of sulfonamides is 1. The molecule has 2 aromatic carbocycles. The average Bonchev–Trinajstić information content (AvgIpc) is 3.52. The Morgan fingerprint density at radius 3 is 2.47 bits per heavy atom. The lowest BCUT2D eigenvalue weighted by molar-refractivity contribution is -0.166. The summed E-state index contributed by atoms with van der Waals surface area (Å²) < 4.78 is 85.1. The molecule has 1 saturated heterocycles. The van der Waals surface area contributed by atoms with E-state index in [-0.39, 0.29) is 16.4 Å². The van der Waals surface area contributed by atoms with Crippen molar-refractivity contribution in [2.75, 3.05) is 20.3 Å². The van der Waals surface area contributed by atoms with E-state index >= 15 is 0 Å². The standard InChI is InChI=1S/C22H20F3N3O5S/c1-26-34(29,30)16-6-7-19(33-15-4-2-14(3-5-15)22(23,24)25)17(12-16)18-13-28-9-8-21(20(28)27-18)31-10-11-32-21/h2-7,12-13,26H,8-11H2,1H3. The SMILES string of the molecule is CNS(=O)(=O)c1ccc(Oc2ccc(C(F)(F)F)cc2)c(-c2cn3c(n2)C2(CC3)OCCO2)c1. The predicted octanol–water partition coefficient (Wildman–Crippen LogP) is 3.87. The minimum Gasteiger partial charge on any atom is -0.457 e. The number of nitrogens with one attached hydrogen (secondary N) is 1. The maximum absolute atomic E-state index is 12.9. The van der Waals surface area contributed by atoms with Crippen LogP contribution in [-0.4, -0.2) is 38.2 Å². The summed E-state index contributed by atoms with van der Waals surface area (Å²) in [5, 5.41) is 0. The highest BCUT2D eigenvalue weighted by Gasteiger charge is 2.47. The number of nitrogens with zero attached hydrogens (tertiary/aromatic N) is 2. The quantitative estimate of drug-likeness (QED) is 0.578. The Morgan fingerprint density at radius 2 is 1.82 bits per heavy atom. The summed E-state index contributed by atoms with van der Waals surface area (Å²) in [7, 11) is -2.47. The minimum absolute atomic E-state index is 0.0130. The molecule has 8 nitrogen and oxygen atoms in total. The van der Waals surface area contributed by atoms with Gasteiger partial charge in [0, 0.05) is 24.7 Å². The fraction of sp³-hybridized carbons (Fsp3) is 0.318. The van der Waals surface area contributed by atoms with Crippen molar-refractivity contribution in [1.29, 1.82) is 0 Å². The van der Waals surface area contributed by atoms with Crippen LogP contribution in [0.4, 0.5) is 13.2 Å². The normalized spacial score (nSPS) is 17.3. The minimum atomic E-state index is -4.47. The van der Waals surface area contributed by atoms with Gasteiger partial charge < -0.3 is 18.8 Å². The number of benzene rings is 2. The monoisotopic (exact) mass is 495 g/mol. The molecular weight excluding hydrogens is 475 g/mol. The van der Waals surface area contributed by atoms with Gasteiger partial charge in [-0.05, 0) is 49.5 Å². The van der Waals surface area contributed by atoms with Gasteiger partial charge in [0.15, 0.2) is 5.82 Å². The second kappa shape index (κ2) is 8.08. The van der Waals surface area contributed by atoms with E-state index in [0.29, 0.717) is 43.3 Å². The third-order valence-electron chi connectivity index (χ3n) is 5.77. The molecule has 1 N–H and O–H groups in total. The number of aryl methyl sites for hydroxylation is 1. The summed E-state index contributed by atoms with van der Waals surface area (Å²) in [4.78, 5) is 4.65. The molecule has 0 radical (unpaired) electrons. The Hall–Kier alpha value is -2.93. The molecule has 180 valence electrons. The van der Waals surface area contributed by atoms with Crippen LogP contribution < -0.4 is 9.46 Å². The van der Waals surface area contributed by atoms with Crippen molar-refractivity contribution < 1.29 is 35.8 Å². The van der Waals surface area contributed by atoms with Crippen molar-refractivity contribution in [2.45, 2.75) is 29.8 Å². The van der Waals surface area contributed by atoms with Gasteiger partial charge in [-0.1, -0.05) is 0 Å². The highest BCUT2D eigenvalue weighted by Crippen LogP contribution is 2.43. The Balaban J connectivity index is 1.56. The molecule has 3 heterocycles. The zero-order valence-corrected chi connectivity index (χ0v) is 18.7. The van der Waals surface area contributed by atoms with Crippen molar-refractivity contribution in [3.63, 3.8) is 0 Å². The van der Waals surface area contributed by atoms with Crippen LogP contribution >= 0.6 is 0 Å². The Kier molecular flexibility index (Phi) is 5.43. The Labute approximate surface area is 193 Å². The number of fused-ring (bicyclic) bond motifs is 2. The third-order valence-corrected chi connectivity index (χ3v) is 7.18. The maximum Gasteiger partial charge on any atom is 0.416 e. The van der Waals surface area contributed by atoms with Gasteiger partial charge in [0.2, 0.25) is 15.8 Å². The van der Waals surface area contributed by atoms with Gasteiger partial charge in [0.05, 0.1) is 29.4 Å². The number of aromatic nitrogens is 2. The second-order valence-electron chi connectivity index (χ2n) is 7.83. The summed E-state index contributed by atoms with van der Waals surface area (Å²) in [6.45, 7) is 1.49. The van der Waals surface area contributed by atoms with Gasteiger partial charge in [-0.25, -0.2) is 18.1 Å². The van der Waals surface area contributed by atoms with E-state index in [4.69, 9.17) is 14.2 Å². The van der Waals surface area contributed by atoms with E-state index in [1.807, 2.05) is 4.57 Å². The first-order valence-electron chi connectivity index (χ1n) is 10.4. The molecule has 0 saturated carbocycles. The zero-order chi connectivity index (χ0) is 24.1. The molecule has 0 bridgehead atoms. The van der Waals surface area contributed by atoms with Crippen molar-refractivity contribution in [2.24, 2.45) is 0 Å². The lowest BCUT2D eigenvalue weighted by atomic mass is 10.1. The molecule has 1 spiro atoms. The van der Waals surface area contributed by atoms with Crippen LogP contribution in [0, 0.1) is 0 Å². The number of imidazole rings is 1. The molecule has 3 aromatic rings. The molecule has 5 rings (SSSR count). The van der Waals surface area contributed by atoms with E-state index in [2.05, 4.69) is 9.71 Å². The summed E-state index contributed by atoms with van der Waals surface area (Å²) in [5.41, 5.74) is -0.0302. The van der Waals surface area contributed by atoms with Gasteiger partial charge in [0.25, 0.3) is 0 Å². The number of halogens is 3. The molecule has 0 amide bonds. The van der Waals surface area contributed by atoms with Crippen molar-refractivity contribution in [1.82, 2.24) is 14.3 Å². The second-order valence-corrected chi connectivity index (χ2v) is 9.72. The average molecular weight is 495 g/mol. The van der Waals surface area contributed by atoms with Gasteiger partial charge in [-0.15, -0.1) is 0 Å². The number of ether oxygens (including phenoxy) is 3. The zero-order valence-electron chi connectivity index (χ0n) is 17.9. The van der Waals surface area contributed by atoms with Crippen LogP contribution in [0.25, 0.3) is 11.3 Å². The van der Waals surface area contributed by atoms with Crippen LogP contribution in [0.5, 0.6) is 11.5 Å². The van der Waals surface area contributed by atoms with Gasteiger partial charge in [-0.3, -0.25) is 0 Å². The number of hydrogen-bond acceptors (Lipinski definition) is 6. The van der Waals surface area contributed by atoms with Gasteiger partial charge in [0.1, 0.15) is 11.5 Å². The van der Waals surface area contributed by atoms with E-state index in [9.17, 15) is 21.6 Å². The molecule has 0 unspecified atom stereocenters. The largest absolute Gasteiger partial charge is 0.457 e. The highest BCUT2D eigenvalue weighted by molar-refractivity contribution is 7.89. The van der Waals surface area contributed by atoms with Crippen LogP contribution in [0.3, 0.4) is 0 Å². The summed E-state index contributed by atoms with van der Waals surface area (Å²) in [6.07, 6.45) is -2.11. The van der Waals surface area contributed by atoms with E-state index in [1.54, 1.807) is 6.20 Å². The summed E-state index contributed by atoms with van der Waals surface area (Å²) in [6, 6.07) is 8.44. The Morgan fingerprint density at radius 1 is 1.12 bits per heavy atom. The highest BCUT2D eigenvalue weighted by atomic mass is 32.2. The summed E-state index contributed by atoms with van der Waals surface area (Å²) >= 11 is 0. The van der Waals surface area contributed by atoms with Crippen molar-refractivity contribution in [3.8, 4) is 22.8 Å². The molecule has 12 heteroatoms. The molecule has 0 aliphatic carbocycles. The number of rotatable bonds is 5. The van der Waals surface area contributed by atoms with Crippen LogP contribution in [0.1, 0.15) is 17.8 Å². The van der Waals surface area contributed by atoms with Gasteiger partial charge >= 0.3 is 6.18 Å². The fourth-order valence-corrected chi connectivity index (χ4v) is 4.81. The molecule has 1 aromatic heterocycles. The first-order valence-corrected chi connectivity index (χ1v) is 11.9. The smallest absolute Gasteiger partial charge is 0.416 e. The van der Waals surface area contributed by atoms with E-state index in [0.717, 1.165) is 12.1 Å². The predicted molar refractivity (Wildman–Crippen MR) is 114 cm³/mol. The first-order chi connectivity index (χ1) is 16.1. The molecule has 34 heavy (non-hydrogen) atoms. The fourth-order valence-electron chi connectivity index (χ4n) is 4.05. The van der Waals surface area contributed by atoms with Crippen LogP contribution in [-0.2, 0) is 38.0 Å². The Bertz CT molecular complexity index is 1330. The van der Waals surface area contributed by atoms with Crippen LogP contribution in [0.15, 0.2) is 53.6 Å². The maximum atomic E-state index is 12.9. The third kappa shape index (κ3) is 3.96. The van der Waals surface area contributed by atoms with Crippen LogP contribution in [0.2, 0.25) is 0 Å². The number of hydrogen-bond donors (Lipinski definition) is 1. The first kappa shape index (κ1) is 22.8. The molecule has 0 atom stereocenters. The molecule has 2 aliphatic heterocycles. The topological polar surface area (TPSA) is 91.7 Å². The lowest BCUT2D eigenvalue weighted by Crippen LogP contribution is -2.24. The number of alkyl halides is 3. The van der Waals surface area contributed by atoms with Crippen molar-refractivity contribution in [3.05, 3.63) is 60.0 Å². The van der Waals surface area contributed by atoms with Crippen molar-refractivity contribution >= 4 is 10.0 Å².